The van der Waals surface area contributed by atoms with Crippen LogP contribution >= 0.6 is 11.6 Å². The van der Waals surface area contributed by atoms with Gasteiger partial charge in [0, 0.05) is 11.6 Å². The molecule has 140 valence electrons. The van der Waals surface area contributed by atoms with Crippen molar-refractivity contribution in [2.24, 2.45) is 5.92 Å². The fourth-order valence-electron chi connectivity index (χ4n) is 2.07. The number of anilines is 2. The van der Waals surface area contributed by atoms with Gasteiger partial charge in [0.05, 0.1) is 23.6 Å². The number of rotatable bonds is 6. The summed E-state index contributed by atoms with van der Waals surface area (Å²) in [4.78, 5) is 20.1. The summed E-state index contributed by atoms with van der Waals surface area (Å²) in [7, 11) is 0. The molecule has 0 aliphatic carbocycles. The number of hydrogen-bond acceptors (Lipinski definition) is 4. The lowest BCUT2D eigenvalue weighted by Crippen LogP contribution is -2.18. The van der Waals surface area contributed by atoms with Crippen molar-refractivity contribution < 1.29 is 18.0 Å². The Kier molecular flexibility index (Phi) is 6.42. The summed E-state index contributed by atoms with van der Waals surface area (Å²) < 4.78 is 39.2. The number of benzene rings is 1. The lowest BCUT2D eigenvalue weighted by atomic mass is 10.1. The summed E-state index contributed by atoms with van der Waals surface area (Å²) in [6, 6.07) is 3.11. The molecule has 0 bridgehead atoms. The van der Waals surface area contributed by atoms with Crippen molar-refractivity contribution in [3.63, 3.8) is 0 Å². The summed E-state index contributed by atoms with van der Waals surface area (Å²) in [5, 5.41) is 5.18. The Morgan fingerprint density at radius 1 is 1.23 bits per heavy atom. The molecule has 26 heavy (non-hydrogen) atoms. The first kappa shape index (κ1) is 20.0. The zero-order chi connectivity index (χ0) is 19.3. The minimum absolute atomic E-state index is 0.0769. The molecule has 0 saturated heterocycles. The van der Waals surface area contributed by atoms with E-state index >= 15 is 0 Å². The molecular weight excluding hydrogens is 369 g/mol. The van der Waals surface area contributed by atoms with Crippen molar-refractivity contribution in [2.45, 2.75) is 26.4 Å². The van der Waals surface area contributed by atoms with Crippen LogP contribution in [0.25, 0.3) is 0 Å². The molecule has 9 heteroatoms. The number of nitrogens with one attached hydrogen (secondary N) is 2. The van der Waals surface area contributed by atoms with E-state index in [1.165, 1.54) is 18.5 Å². The molecule has 0 spiro atoms. The van der Waals surface area contributed by atoms with E-state index in [1.54, 1.807) is 0 Å². The first-order valence-corrected chi connectivity index (χ1v) is 8.28. The number of nitrogens with zero attached hydrogens (tertiary/aromatic N) is 2. The normalized spacial score (nSPS) is 11.5. The number of alkyl halides is 3. The molecular formula is C17H18ClF3N4O. The van der Waals surface area contributed by atoms with Crippen molar-refractivity contribution in [2.75, 3.05) is 17.2 Å². The molecule has 2 rings (SSSR count). The van der Waals surface area contributed by atoms with Crippen molar-refractivity contribution in [3.8, 4) is 0 Å². The van der Waals surface area contributed by atoms with E-state index in [2.05, 4.69) is 34.4 Å². The number of aromatic nitrogens is 2. The molecule has 1 heterocycles. The van der Waals surface area contributed by atoms with Crippen LogP contribution in [0.2, 0.25) is 5.02 Å². The van der Waals surface area contributed by atoms with Gasteiger partial charge < -0.3 is 10.6 Å². The van der Waals surface area contributed by atoms with Crippen LogP contribution in [-0.4, -0.2) is 22.4 Å². The highest BCUT2D eigenvalue weighted by molar-refractivity contribution is 6.30. The standard InChI is InChI=1S/C17H18ClF3N4O/c1-10(2)5-6-22-15-9-23-14(8-24-15)16(26)25-13-4-3-11(18)7-12(13)17(19,20)21/h3-4,7-10H,5-6H2,1-2H3,(H,22,24)(H,25,26). The first-order chi connectivity index (χ1) is 12.2. The lowest BCUT2D eigenvalue weighted by molar-refractivity contribution is -0.136. The quantitative estimate of drug-likeness (QED) is 0.744. The summed E-state index contributed by atoms with van der Waals surface area (Å²) in [5.74, 6) is 0.228. The molecule has 0 radical (unpaired) electrons. The smallest absolute Gasteiger partial charge is 0.369 e. The molecule has 2 aromatic rings. The molecule has 0 atom stereocenters. The number of halogens is 4. The second-order valence-electron chi connectivity index (χ2n) is 6.04. The second kappa shape index (κ2) is 8.35. The number of amides is 1. The van der Waals surface area contributed by atoms with E-state index in [-0.39, 0.29) is 10.7 Å². The fraction of sp³-hybridized carbons (Fsp3) is 0.353. The van der Waals surface area contributed by atoms with Gasteiger partial charge in [-0.1, -0.05) is 25.4 Å². The van der Waals surface area contributed by atoms with Crippen LogP contribution in [0.15, 0.2) is 30.6 Å². The van der Waals surface area contributed by atoms with E-state index in [9.17, 15) is 18.0 Å². The summed E-state index contributed by atoms with van der Waals surface area (Å²) in [6.07, 6.45) is -1.14. The third kappa shape index (κ3) is 5.59. The lowest BCUT2D eigenvalue weighted by Gasteiger charge is -2.14. The van der Waals surface area contributed by atoms with Gasteiger partial charge >= 0.3 is 6.18 Å². The Hall–Kier alpha value is -2.35. The third-order valence-electron chi connectivity index (χ3n) is 3.45. The van der Waals surface area contributed by atoms with Crippen LogP contribution < -0.4 is 10.6 Å². The number of carbonyl (C=O) groups excluding carboxylic acids is 1. The summed E-state index contributed by atoms with van der Waals surface area (Å²) in [6.45, 7) is 4.89. The monoisotopic (exact) mass is 386 g/mol. The van der Waals surface area contributed by atoms with Crippen LogP contribution in [0.4, 0.5) is 24.7 Å². The molecule has 2 N–H and O–H groups in total. The highest BCUT2D eigenvalue weighted by Gasteiger charge is 2.34. The van der Waals surface area contributed by atoms with Crippen molar-refractivity contribution in [1.29, 1.82) is 0 Å². The van der Waals surface area contributed by atoms with Crippen LogP contribution in [0, 0.1) is 5.92 Å². The molecule has 1 aromatic heterocycles. The van der Waals surface area contributed by atoms with E-state index in [0.717, 1.165) is 18.6 Å². The minimum atomic E-state index is -4.65. The van der Waals surface area contributed by atoms with Gasteiger partial charge in [-0.2, -0.15) is 13.2 Å². The zero-order valence-electron chi connectivity index (χ0n) is 14.2. The van der Waals surface area contributed by atoms with Gasteiger partial charge in [-0.05, 0) is 30.5 Å². The zero-order valence-corrected chi connectivity index (χ0v) is 14.9. The molecule has 0 fully saturated rings. The first-order valence-electron chi connectivity index (χ1n) is 7.91. The molecule has 0 aliphatic rings. The Labute approximate surface area is 154 Å². The molecule has 0 saturated carbocycles. The highest BCUT2D eigenvalue weighted by Crippen LogP contribution is 2.36. The maximum absolute atomic E-state index is 13.1. The molecule has 0 aliphatic heterocycles. The van der Waals surface area contributed by atoms with Gasteiger partial charge in [-0.25, -0.2) is 9.97 Å². The van der Waals surface area contributed by atoms with Gasteiger partial charge in [-0.15, -0.1) is 0 Å². The van der Waals surface area contributed by atoms with Crippen LogP contribution in [0.5, 0.6) is 0 Å². The predicted molar refractivity (Wildman–Crippen MR) is 94.4 cm³/mol. The Morgan fingerprint density at radius 3 is 2.54 bits per heavy atom. The van der Waals surface area contributed by atoms with Crippen molar-refractivity contribution in [3.05, 3.63) is 46.9 Å². The maximum atomic E-state index is 13.1. The fourth-order valence-corrected chi connectivity index (χ4v) is 2.24. The topological polar surface area (TPSA) is 66.9 Å². The second-order valence-corrected chi connectivity index (χ2v) is 6.47. The number of carbonyl (C=O) groups is 1. The van der Waals surface area contributed by atoms with Gasteiger partial charge in [0.25, 0.3) is 5.91 Å². The van der Waals surface area contributed by atoms with Crippen LogP contribution in [-0.2, 0) is 6.18 Å². The molecule has 1 amide bonds. The van der Waals surface area contributed by atoms with Gasteiger partial charge in [-0.3, -0.25) is 4.79 Å². The van der Waals surface area contributed by atoms with E-state index in [4.69, 9.17) is 11.6 Å². The minimum Gasteiger partial charge on any atom is -0.369 e. The van der Waals surface area contributed by atoms with Crippen LogP contribution in [0.1, 0.15) is 36.3 Å². The highest BCUT2D eigenvalue weighted by atomic mass is 35.5. The van der Waals surface area contributed by atoms with Crippen LogP contribution in [0.3, 0.4) is 0 Å². The Bertz CT molecular complexity index is 764. The molecule has 1 aromatic carbocycles. The van der Waals surface area contributed by atoms with Crippen molar-refractivity contribution >= 4 is 29.0 Å². The summed E-state index contributed by atoms with van der Waals surface area (Å²) in [5.41, 5.74) is -1.52. The average Bonchev–Trinajstić information content (AvgIpc) is 2.56. The number of hydrogen-bond donors (Lipinski definition) is 2. The predicted octanol–water partition coefficient (Wildman–Crippen LogP) is 4.86. The van der Waals surface area contributed by atoms with E-state index < -0.39 is 23.3 Å². The Balaban J connectivity index is 2.09. The van der Waals surface area contributed by atoms with Gasteiger partial charge in [0.15, 0.2) is 0 Å². The largest absolute Gasteiger partial charge is 0.418 e. The maximum Gasteiger partial charge on any atom is 0.418 e. The third-order valence-corrected chi connectivity index (χ3v) is 3.68. The summed E-state index contributed by atoms with van der Waals surface area (Å²) >= 11 is 5.61. The Morgan fingerprint density at radius 2 is 1.96 bits per heavy atom. The average molecular weight is 387 g/mol. The van der Waals surface area contributed by atoms with Gasteiger partial charge in [0.1, 0.15) is 11.5 Å². The molecule has 5 nitrogen and oxygen atoms in total. The van der Waals surface area contributed by atoms with E-state index in [1.807, 2.05) is 0 Å². The van der Waals surface area contributed by atoms with E-state index in [0.29, 0.717) is 18.3 Å². The SMILES string of the molecule is CC(C)CCNc1cnc(C(=O)Nc2ccc(Cl)cc2C(F)(F)F)cn1. The van der Waals surface area contributed by atoms with Gasteiger partial charge in [0.2, 0.25) is 0 Å². The van der Waals surface area contributed by atoms with Crippen molar-refractivity contribution in [1.82, 2.24) is 9.97 Å². The molecule has 0 unspecified atom stereocenters.